The van der Waals surface area contributed by atoms with E-state index < -0.39 is 0 Å². The second kappa shape index (κ2) is 5.73. The summed E-state index contributed by atoms with van der Waals surface area (Å²) in [5, 5.41) is 13.2. The first-order valence-electron chi connectivity index (χ1n) is 6.31. The number of aryl methyl sites for hydroxylation is 1. The molecule has 0 unspecified atom stereocenters. The van der Waals surface area contributed by atoms with E-state index in [9.17, 15) is 0 Å². The van der Waals surface area contributed by atoms with Crippen molar-refractivity contribution in [2.24, 2.45) is 0 Å². The minimum atomic E-state index is -0.104. The summed E-state index contributed by atoms with van der Waals surface area (Å²) in [4.78, 5) is 0. The lowest BCUT2D eigenvalue weighted by molar-refractivity contribution is 0.350. The molecule has 0 atom stereocenters. The van der Waals surface area contributed by atoms with Gasteiger partial charge in [0.15, 0.2) is 0 Å². The third-order valence-corrected chi connectivity index (χ3v) is 3.34. The molecule has 0 amide bonds. The molecule has 0 saturated heterocycles. The van der Waals surface area contributed by atoms with E-state index in [4.69, 9.17) is 5.11 Å². The van der Waals surface area contributed by atoms with Gasteiger partial charge in [0.2, 0.25) is 0 Å². The smallest absolute Gasteiger partial charge is 0.104 e. The maximum Gasteiger partial charge on any atom is 0.104 e. The van der Waals surface area contributed by atoms with Crippen LogP contribution in [0.15, 0.2) is 24.3 Å². The molecule has 0 aliphatic rings. The van der Waals surface area contributed by atoms with Gasteiger partial charge in [-0.3, -0.25) is 4.68 Å². The first-order chi connectivity index (χ1) is 9.11. The fourth-order valence-corrected chi connectivity index (χ4v) is 1.95. The van der Waals surface area contributed by atoms with Gasteiger partial charge in [0, 0.05) is 11.3 Å². The van der Waals surface area contributed by atoms with E-state index >= 15 is 0 Å². The molecule has 19 heavy (non-hydrogen) atoms. The van der Waals surface area contributed by atoms with E-state index in [-0.39, 0.29) is 6.61 Å². The van der Waals surface area contributed by atoms with Gasteiger partial charge in [-0.1, -0.05) is 24.0 Å². The summed E-state index contributed by atoms with van der Waals surface area (Å²) in [6, 6.07) is 8.04. The van der Waals surface area contributed by atoms with Crippen molar-refractivity contribution >= 4 is 0 Å². The molecule has 0 fully saturated rings. The summed E-state index contributed by atoms with van der Waals surface area (Å²) in [6.45, 7) is 6.89. The quantitative estimate of drug-likeness (QED) is 0.834. The number of aliphatic hydroxyl groups excluding tert-OH is 1. The summed E-state index contributed by atoms with van der Waals surface area (Å²) in [6.07, 6.45) is 0. The van der Waals surface area contributed by atoms with Crippen molar-refractivity contribution in [2.75, 3.05) is 6.61 Å². The van der Waals surface area contributed by atoms with E-state index in [2.05, 4.69) is 30.8 Å². The zero-order valence-corrected chi connectivity index (χ0v) is 11.6. The Morgan fingerprint density at radius 2 is 1.84 bits per heavy atom. The van der Waals surface area contributed by atoms with Crippen molar-refractivity contribution in [3.8, 4) is 11.8 Å². The molecule has 98 valence electrons. The number of hydrogen-bond donors (Lipinski definition) is 1. The lowest BCUT2D eigenvalue weighted by Gasteiger charge is -2.05. The Hall–Kier alpha value is -2.05. The van der Waals surface area contributed by atoms with Crippen LogP contribution >= 0.6 is 0 Å². The molecule has 2 rings (SSSR count). The maximum atomic E-state index is 8.65. The molecular weight excluding hydrogens is 236 g/mol. The first kappa shape index (κ1) is 13.4. The number of rotatable bonds is 2. The minimum Gasteiger partial charge on any atom is -0.384 e. The van der Waals surface area contributed by atoms with Crippen LogP contribution in [-0.2, 0) is 6.54 Å². The predicted molar refractivity (Wildman–Crippen MR) is 75.9 cm³/mol. The lowest BCUT2D eigenvalue weighted by Crippen LogP contribution is -2.04. The Morgan fingerprint density at radius 1 is 1.16 bits per heavy atom. The van der Waals surface area contributed by atoms with Crippen LogP contribution in [0.3, 0.4) is 0 Å². The predicted octanol–water partition coefficient (Wildman–Crippen LogP) is 2.20. The van der Waals surface area contributed by atoms with Gasteiger partial charge < -0.3 is 5.11 Å². The monoisotopic (exact) mass is 254 g/mol. The van der Waals surface area contributed by atoms with Crippen LogP contribution in [0.1, 0.15) is 28.1 Å². The third-order valence-electron chi connectivity index (χ3n) is 3.34. The topological polar surface area (TPSA) is 38.0 Å². The van der Waals surface area contributed by atoms with Crippen LogP contribution in [-0.4, -0.2) is 21.5 Å². The normalized spacial score (nSPS) is 10.1. The van der Waals surface area contributed by atoms with E-state index in [1.54, 1.807) is 0 Å². The van der Waals surface area contributed by atoms with Gasteiger partial charge in [-0.25, -0.2) is 0 Å². The Balaban J connectivity index is 2.17. The standard InChI is InChI=1S/C16H18N2O/c1-12-13(2)17-18(14(12)3)11-16-8-6-15(7-9-16)5-4-10-19/h6-9,19H,10-11H2,1-3H3. The summed E-state index contributed by atoms with van der Waals surface area (Å²) in [5.74, 6) is 5.53. The molecule has 0 radical (unpaired) electrons. The van der Waals surface area contributed by atoms with E-state index in [1.807, 2.05) is 35.9 Å². The number of aromatic nitrogens is 2. The van der Waals surface area contributed by atoms with Gasteiger partial charge in [0.1, 0.15) is 6.61 Å². The molecule has 3 heteroatoms. The molecule has 1 aromatic heterocycles. The zero-order valence-electron chi connectivity index (χ0n) is 11.6. The average molecular weight is 254 g/mol. The molecule has 1 aromatic carbocycles. The van der Waals surface area contributed by atoms with Crippen molar-refractivity contribution in [1.29, 1.82) is 0 Å². The van der Waals surface area contributed by atoms with Gasteiger partial charge in [-0.05, 0) is 44.0 Å². The molecule has 3 nitrogen and oxygen atoms in total. The van der Waals surface area contributed by atoms with Gasteiger partial charge in [0.05, 0.1) is 12.2 Å². The van der Waals surface area contributed by atoms with Crippen LogP contribution in [0.4, 0.5) is 0 Å². The second-order valence-electron chi connectivity index (χ2n) is 4.61. The molecule has 0 spiro atoms. The molecule has 1 N–H and O–H groups in total. The Morgan fingerprint density at radius 3 is 2.37 bits per heavy atom. The summed E-state index contributed by atoms with van der Waals surface area (Å²) in [7, 11) is 0. The van der Waals surface area contributed by atoms with Gasteiger partial charge in [-0.15, -0.1) is 0 Å². The van der Waals surface area contributed by atoms with Crippen LogP contribution < -0.4 is 0 Å². The zero-order chi connectivity index (χ0) is 13.8. The fraction of sp³-hybridized carbons (Fsp3) is 0.312. The highest BCUT2D eigenvalue weighted by Gasteiger charge is 2.07. The van der Waals surface area contributed by atoms with Crippen LogP contribution in [0.25, 0.3) is 0 Å². The maximum absolute atomic E-state index is 8.65. The van der Waals surface area contributed by atoms with Crippen molar-refractivity contribution in [3.05, 3.63) is 52.3 Å². The average Bonchev–Trinajstić information content (AvgIpc) is 2.66. The SMILES string of the molecule is Cc1nn(Cc2ccc(C#CCO)cc2)c(C)c1C. The number of aliphatic hydroxyl groups is 1. The highest BCUT2D eigenvalue weighted by molar-refractivity contribution is 5.36. The van der Waals surface area contributed by atoms with Crippen molar-refractivity contribution < 1.29 is 5.11 Å². The lowest BCUT2D eigenvalue weighted by atomic mass is 10.1. The molecule has 0 aliphatic carbocycles. The second-order valence-corrected chi connectivity index (χ2v) is 4.61. The molecule has 0 saturated carbocycles. The fourth-order valence-electron chi connectivity index (χ4n) is 1.95. The van der Waals surface area contributed by atoms with Crippen LogP contribution in [0.5, 0.6) is 0 Å². The van der Waals surface area contributed by atoms with Crippen molar-refractivity contribution in [1.82, 2.24) is 9.78 Å². The molecule has 0 bridgehead atoms. The van der Waals surface area contributed by atoms with Gasteiger partial charge in [-0.2, -0.15) is 5.10 Å². The highest BCUT2D eigenvalue weighted by Crippen LogP contribution is 2.13. The Bertz CT molecular complexity index is 627. The van der Waals surface area contributed by atoms with Crippen LogP contribution in [0.2, 0.25) is 0 Å². The van der Waals surface area contributed by atoms with Gasteiger partial charge in [0.25, 0.3) is 0 Å². The van der Waals surface area contributed by atoms with Gasteiger partial charge >= 0.3 is 0 Å². The number of nitrogens with zero attached hydrogens (tertiary/aromatic N) is 2. The Labute approximate surface area is 113 Å². The largest absolute Gasteiger partial charge is 0.384 e. The molecule has 1 heterocycles. The molecule has 0 aliphatic heterocycles. The van der Waals surface area contributed by atoms with E-state index in [0.717, 1.165) is 17.8 Å². The first-order valence-corrected chi connectivity index (χ1v) is 6.31. The molecule has 2 aromatic rings. The summed E-state index contributed by atoms with van der Waals surface area (Å²) in [5.41, 5.74) is 5.66. The number of benzene rings is 1. The van der Waals surface area contributed by atoms with E-state index in [1.165, 1.54) is 16.8 Å². The molecular formula is C16H18N2O. The third kappa shape index (κ3) is 3.04. The summed E-state index contributed by atoms with van der Waals surface area (Å²) < 4.78 is 2.03. The summed E-state index contributed by atoms with van der Waals surface area (Å²) >= 11 is 0. The highest BCUT2D eigenvalue weighted by atomic mass is 16.2. The minimum absolute atomic E-state index is 0.104. The van der Waals surface area contributed by atoms with Crippen molar-refractivity contribution in [3.63, 3.8) is 0 Å². The Kier molecular flexibility index (Phi) is 4.03. The van der Waals surface area contributed by atoms with Crippen LogP contribution in [0, 0.1) is 32.6 Å². The number of hydrogen-bond acceptors (Lipinski definition) is 2. The van der Waals surface area contributed by atoms with Crippen molar-refractivity contribution in [2.45, 2.75) is 27.3 Å². The van der Waals surface area contributed by atoms with E-state index in [0.29, 0.717) is 0 Å².